The fraction of sp³-hybridized carbons (Fsp3) is 0.611. The molecule has 2 N–H and O–H groups in total. The highest BCUT2D eigenvalue weighted by molar-refractivity contribution is 14.0. The van der Waals surface area contributed by atoms with Crippen molar-refractivity contribution in [2.24, 2.45) is 4.99 Å². The first-order valence-electron chi connectivity index (χ1n) is 8.94. The molecule has 0 aliphatic heterocycles. The van der Waals surface area contributed by atoms with Crippen LogP contribution in [0.4, 0.5) is 0 Å². The summed E-state index contributed by atoms with van der Waals surface area (Å²) in [6.07, 6.45) is 2.94. The molecule has 0 bridgehead atoms. The van der Waals surface area contributed by atoms with Gasteiger partial charge in [0.15, 0.2) is 5.96 Å². The third kappa shape index (κ3) is 6.86. The molecule has 2 rings (SSSR count). The Morgan fingerprint density at radius 3 is 2.54 bits per heavy atom. The Kier molecular flexibility index (Phi) is 10.1. The minimum Gasteiger partial charge on any atom is -0.356 e. The number of hydrogen-bond acceptors (Lipinski definition) is 4. The number of nitrogens with one attached hydrogen (secondary N) is 2. The van der Waals surface area contributed by atoms with E-state index in [1.54, 1.807) is 18.4 Å². The van der Waals surface area contributed by atoms with Crippen LogP contribution < -0.4 is 10.6 Å². The molecule has 2 aromatic rings. The van der Waals surface area contributed by atoms with Crippen LogP contribution in [-0.2, 0) is 19.4 Å². The van der Waals surface area contributed by atoms with Crippen molar-refractivity contribution < 1.29 is 0 Å². The number of hydrogen-bond donors (Lipinski definition) is 2. The molecule has 146 valence electrons. The van der Waals surface area contributed by atoms with Gasteiger partial charge in [-0.3, -0.25) is 9.67 Å². The van der Waals surface area contributed by atoms with Gasteiger partial charge < -0.3 is 10.6 Å². The van der Waals surface area contributed by atoms with Gasteiger partial charge in [0, 0.05) is 43.7 Å². The zero-order valence-electron chi connectivity index (χ0n) is 16.4. The number of nitrogens with zero attached hydrogens (tertiary/aromatic N) is 4. The first-order chi connectivity index (χ1) is 12.0. The average Bonchev–Trinajstić information content (AvgIpc) is 3.10. The van der Waals surface area contributed by atoms with Gasteiger partial charge in [0.1, 0.15) is 0 Å². The van der Waals surface area contributed by atoms with Crippen molar-refractivity contribution in [3.8, 4) is 0 Å². The largest absolute Gasteiger partial charge is 0.356 e. The summed E-state index contributed by atoms with van der Waals surface area (Å²) < 4.78 is 2.06. The topological polar surface area (TPSA) is 67.1 Å². The van der Waals surface area contributed by atoms with Gasteiger partial charge in [0.05, 0.1) is 16.4 Å². The number of thiazole rings is 1. The quantitative estimate of drug-likeness (QED) is 0.258. The molecule has 0 aromatic carbocycles. The van der Waals surface area contributed by atoms with E-state index >= 15 is 0 Å². The first kappa shape index (κ1) is 22.9. The molecule has 0 unspecified atom stereocenters. The second kappa shape index (κ2) is 11.5. The van der Waals surface area contributed by atoms with Crippen molar-refractivity contribution in [3.05, 3.63) is 33.0 Å². The molecule has 0 amide bonds. The van der Waals surface area contributed by atoms with E-state index in [-0.39, 0.29) is 24.0 Å². The summed E-state index contributed by atoms with van der Waals surface area (Å²) in [4.78, 5) is 10.3. The Balaban J connectivity index is 0.00000338. The molecule has 0 spiro atoms. The minimum atomic E-state index is 0. The van der Waals surface area contributed by atoms with Crippen molar-refractivity contribution in [2.75, 3.05) is 20.1 Å². The van der Waals surface area contributed by atoms with Crippen LogP contribution in [0.2, 0.25) is 0 Å². The first-order valence-corrected chi connectivity index (χ1v) is 9.75. The molecule has 26 heavy (non-hydrogen) atoms. The lowest BCUT2D eigenvalue weighted by molar-refractivity contribution is 0.555. The smallest absolute Gasteiger partial charge is 0.190 e. The maximum Gasteiger partial charge on any atom is 0.190 e. The summed E-state index contributed by atoms with van der Waals surface area (Å²) in [5.74, 6) is 0.845. The van der Waals surface area contributed by atoms with Gasteiger partial charge >= 0.3 is 0 Å². The van der Waals surface area contributed by atoms with E-state index in [9.17, 15) is 0 Å². The van der Waals surface area contributed by atoms with Crippen molar-refractivity contribution >= 4 is 41.3 Å². The Labute approximate surface area is 177 Å². The van der Waals surface area contributed by atoms with E-state index in [1.807, 2.05) is 6.92 Å². The van der Waals surface area contributed by atoms with Gasteiger partial charge in [-0.05, 0) is 39.7 Å². The van der Waals surface area contributed by atoms with Gasteiger partial charge in [0.25, 0.3) is 0 Å². The number of guanidine groups is 1. The summed E-state index contributed by atoms with van der Waals surface area (Å²) >= 11 is 1.80. The Morgan fingerprint density at radius 1 is 1.23 bits per heavy atom. The van der Waals surface area contributed by atoms with Crippen molar-refractivity contribution in [1.82, 2.24) is 25.4 Å². The fourth-order valence-corrected chi connectivity index (χ4v) is 3.79. The zero-order valence-corrected chi connectivity index (χ0v) is 19.6. The summed E-state index contributed by atoms with van der Waals surface area (Å²) in [6.45, 7) is 11.1. The average molecular weight is 490 g/mol. The molecule has 0 atom stereocenters. The van der Waals surface area contributed by atoms with Crippen LogP contribution in [0.3, 0.4) is 0 Å². The number of aromatic nitrogens is 3. The summed E-state index contributed by atoms with van der Waals surface area (Å²) in [7, 11) is 1.80. The summed E-state index contributed by atoms with van der Waals surface area (Å²) in [5.41, 5.74) is 3.52. The highest BCUT2D eigenvalue weighted by Crippen LogP contribution is 2.17. The molecule has 0 fully saturated rings. The Bertz CT molecular complexity index is 707. The van der Waals surface area contributed by atoms with Gasteiger partial charge in [-0.1, -0.05) is 6.92 Å². The van der Waals surface area contributed by atoms with Crippen LogP contribution in [0, 0.1) is 20.8 Å². The maximum absolute atomic E-state index is 4.68. The third-order valence-electron chi connectivity index (χ3n) is 4.07. The van der Waals surface area contributed by atoms with E-state index in [0.717, 1.165) is 50.6 Å². The fourth-order valence-electron chi connectivity index (χ4n) is 2.77. The van der Waals surface area contributed by atoms with Crippen molar-refractivity contribution in [1.29, 1.82) is 0 Å². The van der Waals surface area contributed by atoms with Gasteiger partial charge in [0.2, 0.25) is 0 Å². The highest BCUT2D eigenvalue weighted by Gasteiger charge is 2.06. The number of rotatable bonds is 8. The molecule has 8 heteroatoms. The Morgan fingerprint density at radius 2 is 1.96 bits per heavy atom. The van der Waals surface area contributed by atoms with Crippen LogP contribution in [0.5, 0.6) is 0 Å². The molecular weight excluding hydrogens is 459 g/mol. The number of aryl methyl sites for hydroxylation is 5. The van der Waals surface area contributed by atoms with Crippen LogP contribution in [0.15, 0.2) is 11.1 Å². The lowest BCUT2D eigenvalue weighted by atomic mass is 10.3. The van der Waals surface area contributed by atoms with Gasteiger partial charge in [-0.15, -0.1) is 35.3 Å². The van der Waals surface area contributed by atoms with E-state index in [1.165, 1.54) is 21.3 Å². The van der Waals surface area contributed by atoms with E-state index in [4.69, 9.17) is 0 Å². The van der Waals surface area contributed by atoms with Crippen LogP contribution in [0.1, 0.15) is 40.3 Å². The monoisotopic (exact) mass is 490 g/mol. The van der Waals surface area contributed by atoms with Crippen LogP contribution in [-0.4, -0.2) is 40.9 Å². The predicted molar refractivity (Wildman–Crippen MR) is 121 cm³/mol. The molecule has 6 nitrogen and oxygen atoms in total. The highest BCUT2D eigenvalue weighted by atomic mass is 127. The molecule has 0 aliphatic rings. The van der Waals surface area contributed by atoms with E-state index < -0.39 is 0 Å². The van der Waals surface area contributed by atoms with Crippen molar-refractivity contribution in [2.45, 2.75) is 53.5 Å². The number of halogens is 1. The molecule has 0 saturated carbocycles. The summed E-state index contributed by atoms with van der Waals surface area (Å²) in [5, 5.41) is 12.4. The molecule has 0 radical (unpaired) electrons. The van der Waals surface area contributed by atoms with Crippen LogP contribution in [0.25, 0.3) is 0 Å². The van der Waals surface area contributed by atoms with Gasteiger partial charge in [-0.25, -0.2) is 4.98 Å². The normalized spacial score (nSPS) is 11.3. The standard InChI is InChI=1S/C18H30N6S.HI/c1-6-16-15(4)25-17(22-16)8-10-21-18(19-5)20-9-7-11-24-14(3)12-13(2)23-24;/h12H,6-11H2,1-5H3,(H2,19,20,21);1H. The zero-order chi connectivity index (χ0) is 18.2. The third-order valence-corrected chi connectivity index (χ3v) is 5.14. The van der Waals surface area contributed by atoms with Crippen LogP contribution >= 0.6 is 35.3 Å². The van der Waals surface area contributed by atoms with Crippen molar-refractivity contribution in [3.63, 3.8) is 0 Å². The van der Waals surface area contributed by atoms with Gasteiger partial charge in [-0.2, -0.15) is 5.10 Å². The van der Waals surface area contributed by atoms with E-state index in [0.29, 0.717) is 0 Å². The maximum atomic E-state index is 4.68. The SMILES string of the molecule is CCc1nc(CCNC(=NC)NCCCn2nc(C)cc2C)sc1C.I. The number of aliphatic imine (C=N–C) groups is 1. The second-order valence-electron chi connectivity index (χ2n) is 6.14. The lowest BCUT2D eigenvalue weighted by Crippen LogP contribution is -2.39. The molecule has 0 saturated heterocycles. The Hall–Kier alpha value is -1.16. The molecule has 2 aromatic heterocycles. The second-order valence-corrected chi connectivity index (χ2v) is 7.43. The molecule has 2 heterocycles. The van der Waals surface area contributed by atoms with E-state index in [2.05, 4.69) is 57.2 Å². The predicted octanol–water partition coefficient (Wildman–Crippen LogP) is 3.24. The minimum absolute atomic E-state index is 0. The molecular formula is C18H31IN6S. The summed E-state index contributed by atoms with van der Waals surface area (Å²) in [6, 6.07) is 2.11. The lowest BCUT2D eigenvalue weighted by Gasteiger charge is -2.11. The molecule has 0 aliphatic carbocycles.